The second kappa shape index (κ2) is 7.72. The van der Waals surface area contributed by atoms with Gasteiger partial charge >= 0.3 is 0 Å². The molecule has 0 bridgehead atoms. The van der Waals surface area contributed by atoms with Crippen LogP contribution >= 0.6 is 0 Å². The molecule has 0 N–H and O–H groups in total. The summed E-state index contributed by atoms with van der Waals surface area (Å²) in [6.45, 7) is 4.74. The molecule has 1 amide bonds. The minimum Gasteiger partial charge on any atom is -0.344 e. The highest BCUT2D eigenvalue weighted by Crippen LogP contribution is 2.19. The Kier molecular flexibility index (Phi) is 5.68. The summed E-state index contributed by atoms with van der Waals surface area (Å²) < 4.78 is 1.24. The van der Waals surface area contributed by atoms with Crippen LogP contribution in [0.1, 0.15) is 25.3 Å². The quantitative estimate of drug-likeness (QED) is 0.823. The third kappa shape index (κ3) is 4.28. The third-order valence-corrected chi connectivity index (χ3v) is 3.85. The first-order chi connectivity index (χ1) is 11.0. The number of benzene rings is 1. The Hall–Kier alpha value is -2.43. The van der Waals surface area contributed by atoms with Crippen LogP contribution in [0.5, 0.6) is 0 Å². The average molecular weight is 313 g/mol. The molecule has 0 aliphatic heterocycles. The molecule has 0 unspecified atom stereocenters. The van der Waals surface area contributed by atoms with E-state index < -0.39 is 0 Å². The molecule has 1 aromatic heterocycles. The van der Waals surface area contributed by atoms with E-state index in [9.17, 15) is 9.59 Å². The van der Waals surface area contributed by atoms with Crippen molar-refractivity contribution in [2.45, 2.75) is 33.2 Å². The van der Waals surface area contributed by atoms with E-state index in [-0.39, 0.29) is 18.0 Å². The number of aryl methyl sites for hydroxylation is 1. The van der Waals surface area contributed by atoms with Gasteiger partial charge in [0.25, 0.3) is 5.56 Å². The molecule has 0 aliphatic carbocycles. The molecule has 0 aliphatic rings. The molecule has 1 heterocycles. The van der Waals surface area contributed by atoms with E-state index >= 15 is 0 Å². The van der Waals surface area contributed by atoms with Gasteiger partial charge in [-0.25, -0.2) is 4.68 Å². The number of likely N-dealkylation sites (N-methyl/N-ethyl adjacent to an activating group) is 1. The van der Waals surface area contributed by atoms with Gasteiger partial charge in [-0.05, 0) is 25.0 Å². The zero-order chi connectivity index (χ0) is 16.8. The van der Waals surface area contributed by atoms with Gasteiger partial charge in [0.2, 0.25) is 5.91 Å². The number of hydrogen-bond donors (Lipinski definition) is 0. The molecule has 122 valence electrons. The Bertz CT molecular complexity index is 737. The van der Waals surface area contributed by atoms with Crippen LogP contribution in [0.15, 0.2) is 41.2 Å². The zero-order valence-electron chi connectivity index (χ0n) is 14.0. The summed E-state index contributed by atoms with van der Waals surface area (Å²) in [7, 11) is 1.76. The molecule has 5 nitrogen and oxygen atoms in total. The number of amides is 1. The average Bonchev–Trinajstić information content (AvgIpc) is 2.55. The number of nitrogens with zero attached hydrogens (tertiary/aromatic N) is 3. The van der Waals surface area contributed by atoms with Crippen molar-refractivity contribution >= 4 is 5.91 Å². The van der Waals surface area contributed by atoms with Crippen molar-refractivity contribution in [2.24, 2.45) is 0 Å². The second-order valence-corrected chi connectivity index (χ2v) is 5.70. The number of carbonyl (C=O) groups excluding carboxylic acids is 1. The summed E-state index contributed by atoms with van der Waals surface area (Å²) in [5, 5.41) is 4.36. The maximum Gasteiger partial charge on any atom is 0.267 e. The summed E-state index contributed by atoms with van der Waals surface area (Å²) in [6, 6.07) is 11.0. The van der Waals surface area contributed by atoms with Crippen molar-refractivity contribution in [3.63, 3.8) is 0 Å². The molecule has 1 aromatic carbocycles. The lowest BCUT2D eigenvalue weighted by Crippen LogP contribution is -2.35. The van der Waals surface area contributed by atoms with Gasteiger partial charge < -0.3 is 4.90 Å². The number of unbranched alkanes of at least 4 members (excludes halogenated alkanes) is 1. The lowest BCUT2D eigenvalue weighted by molar-refractivity contribution is -0.130. The van der Waals surface area contributed by atoms with Crippen LogP contribution in [-0.4, -0.2) is 34.2 Å². The van der Waals surface area contributed by atoms with Gasteiger partial charge in [0.1, 0.15) is 6.54 Å². The predicted molar refractivity (Wildman–Crippen MR) is 91.2 cm³/mol. The Balaban J connectivity index is 2.23. The van der Waals surface area contributed by atoms with Crippen molar-refractivity contribution in [3.05, 3.63) is 52.3 Å². The van der Waals surface area contributed by atoms with E-state index in [0.717, 1.165) is 24.0 Å². The molecule has 2 aromatic rings. The van der Waals surface area contributed by atoms with Gasteiger partial charge in [0.15, 0.2) is 0 Å². The SMILES string of the molecule is CCCCN(C)C(=O)Cn1nc(-c2ccccc2C)ccc1=O. The van der Waals surface area contributed by atoms with Gasteiger partial charge in [0, 0.05) is 25.2 Å². The molecule has 23 heavy (non-hydrogen) atoms. The molecule has 0 atom stereocenters. The van der Waals surface area contributed by atoms with Gasteiger partial charge in [-0.2, -0.15) is 5.10 Å². The number of rotatable bonds is 6. The van der Waals surface area contributed by atoms with Crippen molar-refractivity contribution in [1.82, 2.24) is 14.7 Å². The highest BCUT2D eigenvalue weighted by Gasteiger charge is 2.12. The lowest BCUT2D eigenvalue weighted by Gasteiger charge is -2.17. The smallest absolute Gasteiger partial charge is 0.267 e. The fraction of sp³-hybridized carbons (Fsp3) is 0.389. The second-order valence-electron chi connectivity index (χ2n) is 5.70. The van der Waals surface area contributed by atoms with E-state index in [0.29, 0.717) is 12.2 Å². The number of hydrogen-bond acceptors (Lipinski definition) is 3. The summed E-state index contributed by atoms with van der Waals surface area (Å²) in [5.41, 5.74) is 2.48. The molecule has 0 saturated carbocycles. The van der Waals surface area contributed by atoms with Crippen molar-refractivity contribution in [2.75, 3.05) is 13.6 Å². The van der Waals surface area contributed by atoms with E-state index in [1.807, 2.05) is 31.2 Å². The van der Waals surface area contributed by atoms with Crippen LogP contribution < -0.4 is 5.56 Å². The first-order valence-corrected chi connectivity index (χ1v) is 7.91. The normalized spacial score (nSPS) is 10.6. The lowest BCUT2D eigenvalue weighted by atomic mass is 10.1. The van der Waals surface area contributed by atoms with Crippen LogP contribution in [0.4, 0.5) is 0 Å². The number of carbonyl (C=O) groups is 1. The first kappa shape index (κ1) is 16.9. The Morgan fingerprint density at radius 3 is 2.65 bits per heavy atom. The van der Waals surface area contributed by atoms with Crippen LogP contribution in [-0.2, 0) is 11.3 Å². The maximum atomic E-state index is 12.2. The van der Waals surface area contributed by atoms with E-state index in [2.05, 4.69) is 12.0 Å². The van der Waals surface area contributed by atoms with Crippen molar-refractivity contribution < 1.29 is 4.79 Å². The Labute approximate surface area is 136 Å². The monoisotopic (exact) mass is 313 g/mol. The highest BCUT2D eigenvalue weighted by molar-refractivity contribution is 5.75. The predicted octanol–water partition coefficient (Wildman–Crippen LogP) is 2.48. The number of aromatic nitrogens is 2. The molecular weight excluding hydrogens is 290 g/mol. The summed E-state index contributed by atoms with van der Waals surface area (Å²) >= 11 is 0. The van der Waals surface area contributed by atoms with Gasteiger partial charge in [-0.3, -0.25) is 9.59 Å². The van der Waals surface area contributed by atoms with Gasteiger partial charge in [-0.15, -0.1) is 0 Å². The maximum absolute atomic E-state index is 12.2. The van der Waals surface area contributed by atoms with Crippen molar-refractivity contribution in [1.29, 1.82) is 0 Å². The topological polar surface area (TPSA) is 55.2 Å². The molecule has 5 heteroatoms. The van der Waals surface area contributed by atoms with Gasteiger partial charge in [0.05, 0.1) is 5.69 Å². The molecular formula is C18H23N3O2. The van der Waals surface area contributed by atoms with Gasteiger partial charge in [-0.1, -0.05) is 37.6 Å². The fourth-order valence-electron chi connectivity index (χ4n) is 2.33. The summed E-state index contributed by atoms with van der Waals surface area (Å²) in [6.07, 6.45) is 1.98. The molecule has 0 spiro atoms. The molecule has 0 fully saturated rings. The van der Waals surface area contributed by atoms with Crippen molar-refractivity contribution in [3.8, 4) is 11.3 Å². The fourth-order valence-corrected chi connectivity index (χ4v) is 2.33. The largest absolute Gasteiger partial charge is 0.344 e. The van der Waals surface area contributed by atoms with E-state index in [1.165, 1.54) is 10.7 Å². The molecule has 0 radical (unpaired) electrons. The summed E-state index contributed by atoms with van der Waals surface area (Å²) in [5.74, 6) is -0.102. The van der Waals surface area contributed by atoms with Crippen LogP contribution in [0.3, 0.4) is 0 Å². The standard InChI is InChI=1S/C18H23N3O2/c1-4-5-12-20(3)18(23)13-21-17(22)11-10-16(19-21)15-9-7-6-8-14(15)2/h6-11H,4-5,12-13H2,1-3H3. The van der Waals surface area contributed by atoms with Crippen LogP contribution in [0.2, 0.25) is 0 Å². The van der Waals surface area contributed by atoms with E-state index in [4.69, 9.17) is 0 Å². The minimum absolute atomic E-state index is 0.0290. The molecule has 0 saturated heterocycles. The zero-order valence-corrected chi connectivity index (χ0v) is 14.0. The minimum atomic E-state index is -0.264. The van der Waals surface area contributed by atoms with Crippen LogP contribution in [0.25, 0.3) is 11.3 Å². The summed E-state index contributed by atoms with van der Waals surface area (Å²) in [4.78, 5) is 25.9. The first-order valence-electron chi connectivity index (χ1n) is 7.91. The Morgan fingerprint density at radius 2 is 1.96 bits per heavy atom. The third-order valence-electron chi connectivity index (χ3n) is 3.85. The highest BCUT2D eigenvalue weighted by atomic mass is 16.2. The van der Waals surface area contributed by atoms with E-state index in [1.54, 1.807) is 18.0 Å². The molecule has 2 rings (SSSR count). The van der Waals surface area contributed by atoms with Crippen LogP contribution in [0, 0.1) is 6.92 Å². The Morgan fingerprint density at radius 1 is 1.22 bits per heavy atom.